The average Bonchev–Trinajstić information content (AvgIpc) is 2.95. The van der Waals surface area contributed by atoms with Crippen LogP contribution in [0, 0.1) is 11.3 Å². The van der Waals surface area contributed by atoms with E-state index in [1.165, 1.54) is 0 Å². The summed E-state index contributed by atoms with van der Waals surface area (Å²) in [5, 5.41) is 11.3. The van der Waals surface area contributed by atoms with Crippen LogP contribution in [0.1, 0.15) is 24.0 Å². The minimum Gasteiger partial charge on any atom is -0.354 e. The molecule has 0 spiro atoms. The van der Waals surface area contributed by atoms with Gasteiger partial charge in [-0.25, -0.2) is 0 Å². The van der Waals surface area contributed by atoms with Gasteiger partial charge in [0.1, 0.15) is 0 Å². The lowest BCUT2D eigenvalue weighted by Crippen LogP contribution is -1.99. The lowest BCUT2D eigenvalue weighted by atomic mass is 9.99. The van der Waals surface area contributed by atoms with Crippen LogP contribution in [0.25, 0.3) is 22.2 Å². The predicted octanol–water partition coefficient (Wildman–Crippen LogP) is 5.29. The van der Waals surface area contributed by atoms with Crippen molar-refractivity contribution in [3.63, 3.8) is 0 Å². The van der Waals surface area contributed by atoms with Gasteiger partial charge >= 0.3 is 0 Å². The maximum absolute atomic E-state index is 9.19. The monoisotopic (exact) mass is 357 g/mol. The third-order valence-electron chi connectivity index (χ3n) is 4.14. The molecule has 0 aliphatic carbocycles. The summed E-state index contributed by atoms with van der Waals surface area (Å²) in [6.07, 6.45) is 2.79. The second kappa shape index (κ2) is 7.27. The lowest BCUT2D eigenvalue weighted by Gasteiger charge is -2.08. The van der Waals surface area contributed by atoms with Gasteiger partial charge in [0.2, 0.25) is 0 Å². The fourth-order valence-corrected chi connectivity index (χ4v) is 3.34. The molecule has 0 unspecified atom stereocenters. The third-order valence-corrected chi connectivity index (χ3v) is 4.96. The van der Waals surface area contributed by atoms with E-state index in [1.807, 2.05) is 30.3 Å². The standard InChI is InChI=1S/C19H17Cl2N3/c20-16-6-3-5-14(18(16)21)19-13(4-1-2-9-22)15-10-12(11-23)7-8-17(15)24-19/h3,5-8,10,24H,1-2,4,9,22H2. The molecule has 1 heterocycles. The number of nitrogens with two attached hydrogens (primary N) is 1. The Morgan fingerprint density at radius 1 is 1.12 bits per heavy atom. The Bertz CT molecular complexity index is 922. The van der Waals surface area contributed by atoms with E-state index in [4.69, 9.17) is 28.9 Å². The molecule has 0 saturated carbocycles. The first-order valence-electron chi connectivity index (χ1n) is 7.85. The number of aromatic nitrogens is 1. The Morgan fingerprint density at radius 3 is 2.71 bits per heavy atom. The topological polar surface area (TPSA) is 65.6 Å². The van der Waals surface area contributed by atoms with Crippen LogP contribution in [0.2, 0.25) is 10.0 Å². The maximum Gasteiger partial charge on any atom is 0.0991 e. The zero-order valence-corrected chi connectivity index (χ0v) is 14.6. The average molecular weight is 358 g/mol. The van der Waals surface area contributed by atoms with Crippen molar-refractivity contribution in [1.82, 2.24) is 4.98 Å². The number of aromatic amines is 1. The normalized spacial score (nSPS) is 10.9. The minimum absolute atomic E-state index is 0.526. The van der Waals surface area contributed by atoms with Crippen molar-refractivity contribution in [3.8, 4) is 17.3 Å². The van der Waals surface area contributed by atoms with E-state index in [9.17, 15) is 5.26 Å². The zero-order valence-electron chi connectivity index (χ0n) is 13.1. The summed E-state index contributed by atoms with van der Waals surface area (Å²) in [5.41, 5.74) is 10.3. The number of fused-ring (bicyclic) bond motifs is 1. The van der Waals surface area contributed by atoms with Crippen LogP contribution in [0.4, 0.5) is 0 Å². The second-order valence-corrected chi connectivity index (χ2v) is 6.48. The Labute approximate surface area is 151 Å². The first-order chi connectivity index (χ1) is 11.7. The molecule has 3 nitrogen and oxygen atoms in total. The fraction of sp³-hybridized carbons (Fsp3) is 0.211. The molecule has 0 fully saturated rings. The number of hydrogen-bond donors (Lipinski definition) is 2. The first kappa shape index (κ1) is 16.9. The number of halogens is 2. The van der Waals surface area contributed by atoms with Gasteiger partial charge in [-0.15, -0.1) is 0 Å². The van der Waals surface area contributed by atoms with Crippen LogP contribution in [0.5, 0.6) is 0 Å². The van der Waals surface area contributed by atoms with E-state index in [2.05, 4.69) is 11.1 Å². The Balaban J connectivity index is 2.20. The first-order valence-corrected chi connectivity index (χ1v) is 8.60. The molecular formula is C19H17Cl2N3. The van der Waals surface area contributed by atoms with Crippen LogP contribution in [-0.2, 0) is 6.42 Å². The van der Waals surface area contributed by atoms with Gasteiger partial charge in [-0.3, -0.25) is 0 Å². The van der Waals surface area contributed by atoms with E-state index < -0.39 is 0 Å². The van der Waals surface area contributed by atoms with Crippen LogP contribution < -0.4 is 5.73 Å². The number of benzene rings is 2. The highest BCUT2D eigenvalue weighted by Crippen LogP contribution is 2.38. The van der Waals surface area contributed by atoms with E-state index >= 15 is 0 Å². The molecule has 3 aromatic rings. The summed E-state index contributed by atoms with van der Waals surface area (Å²) in [7, 11) is 0. The largest absolute Gasteiger partial charge is 0.354 e. The summed E-state index contributed by atoms with van der Waals surface area (Å²) in [6, 6.07) is 13.5. The molecule has 0 bridgehead atoms. The number of rotatable bonds is 5. The van der Waals surface area contributed by atoms with Gasteiger partial charge in [-0.1, -0.05) is 35.3 Å². The summed E-state index contributed by atoms with van der Waals surface area (Å²) >= 11 is 12.6. The van der Waals surface area contributed by atoms with Crippen molar-refractivity contribution in [2.45, 2.75) is 19.3 Å². The molecule has 0 aliphatic heterocycles. The quantitative estimate of drug-likeness (QED) is 0.608. The number of H-pyrrole nitrogens is 1. The molecule has 0 aliphatic rings. The highest BCUT2D eigenvalue weighted by Gasteiger charge is 2.16. The maximum atomic E-state index is 9.19. The third kappa shape index (κ3) is 3.14. The number of nitrogens with zero attached hydrogens (tertiary/aromatic N) is 1. The Kier molecular flexibility index (Phi) is 5.11. The van der Waals surface area contributed by atoms with Crippen molar-refractivity contribution in [1.29, 1.82) is 5.26 Å². The number of nitriles is 1. The second-order valence-electron chi connectivity index (χ2n) is 5.70. The summed E-state index contributed by atoms with van der Waals surface area (Å²) < 4.78 is 0. The number of hydrogen-bond acceptors (Lipinski definition) is 2. The fourth-order valence-electron chi connectivity index (χ4n) is 2.95. The van der Waals surface area contributed by atoms with E-state index in [0.717, 1.165) is 47.0 Å². The predicted molar refractivity (Wildman–Crippen MR) is 100 cm³/mol. The highest BCUT2D eigenvalue weighted by molar-refractivity contribution is 6.43. The molecule has 5 heteroatoms. The van der Waals surface area contributed by atoms with Gasteiger partial charge in [-0.2, -0.15) is 5.26 Å². The molecule has 24 heavy (non-hydrogen) atoms. The van der Waals surface area contributed by atoms with Gasteiger partial charge in [0, 0.05) is 16.5 Å². The van der Waals surface area contributed by atoms with Gasteiger partial charge in [0.15, 0.2) is 0 Å². The van der Waals surface area contributed by atoms with Gasteiger partial charge < -0.3 is 10.7 Å². The van der Waals surface area contributed by atoms with E-state index in [-0.39, 0.29) is 0 Å². The number of aryl methyl sites for hydroxylation is 1. The molecular weight excluding hydrogens is 341 g/mol. The van der Waals surface area contributed by atoms with Crippen molar-refractivity contribution < 1.29 is 0 Å². The van der Waals surface area contributed by atoms with Crippen LogP contribution in [0.3, 0.4) is 0 Å². The van der Waals surface area contributed by atoms with Crippen molar-refractivity contribution in [2.75, 3.05) is 6.54 Å². The van der Waals surface area contributed by atoms with Gasteiger partial charge in [-0.05, 0) is 55.6 Å². The molecule has 3 N–H and O–H groups in total. The molecule has 3 rings (SSSR count). The SMILES string of the molecule is N#Cc1ccc2[nH]c(-c3cccc(Cl)c3Cl)c(CCCCN)c2c1. The molecule has 122 valence electrons. The summed E-state index contributed by atoms with van der Waals surface area (Å²) in [6.45, 7) is 0.666. The van der Waals surface area contributed by atoms with Gasteiger partial charge in [0.25, 0.3) is 0 Å². The summed E-state index contributed by atoms with van der Waals surface area (Å²) in [5.74, 6) is 0. The highest BCUT2D eigenvalue weighted by atomic mass is 35.5. The molecule has 1 aromatic heterocycles. The van der Waals surface area contributed by atoms with Crippen LogP contribution in [0.15, 0.2) is 36.4 Å². The van der Waals surface area contributed by atoms with Crippen LogP contribution >= 0.6 is 23.2 Å². The zero-order chi connectivity index (χ0) is 17.1. The lowest BCUT2D eigenvalue weighted by molar-refractivity contribution is 0.748. The Hall–Kier alpha value is -1.99. The van der Waals surface area contributed by atoms with Crippen molar-refractivity contribution in [3.05, 3.63) is 57.6 Å². The number of nitrogens with one attached hydrogen (secondary N) is 1. The summed E-state index contributed by atoms with van der Waals surface area (Å²) in [4.78, 5) is 3.44. The molecule has 2 aromatic carbocycles. The molecule has 0 radical (unpaired) electrons. The van der Waals surface area contributed by atoms with Crippen molar-refractivity contribution in [2.24, 2.45) is 5.73 Å². The van der Waals surface area contributed by atoms with Crippen LogP contribution in [-0.4, -0.2) is 11.5 Å². The molecule has 0 atom stereocenters. The minimum atomic E-state index is 0.526. The number of unbranched alkanes of at least 4 members (excludes halogenated alkanes) is 1. The van der Waals surface area contributed by atoms with E-state index in [0.29, 0.717) is 22.2 Å². The van der Waals surface area contributed by atoms with Crippen molar-refractivity contribution >= 4 is 34.1 Å². The molecule has 0 saturated heterocycles. The smallest absolute Gasteiger partial charge is 0.0991 e. The van der Waals surface area contributed by atoms with E-state index in [1.54, 1.807) is 6.07 Å². The van der Waals surface area contributed by atoms with Gasteiger partial charge in [0.05, 0.1) is 27.4 Å². The molecule has 0 amide bonds. The Morgan fingerprint density at radius 2 is 1.96 bits per heavy atom.